The van der Waals surface area contributed by atoms with Crippen LogP contribution in [0, 0.1) is 5.82 Å². The van der Waals surface area contributed by atoms with Crippen molar-refractivity contribution in [2.75, 3.05) is 18.4 Å². The molecule has 9 heteroatoms. The van der Waals surface area contributed by atoms with E-state index in [9.17, 15) is 18.8 Å². The monoisotopic (exact) mass is 420 g/mol. The number of anilines is 1. The molecule has 29 heavy (non-hydrogen) atoms. The van der Waals surface area contributed by atoms with Gasteiger partial charge in [-0.05, 0) is 42.3 Å². The van der Waals surface area contributed by atoms with Gasteiger partial charge in [-0.1, -0.05) is 30.7 Å². The highest BCUT2D eigenvalue weighted by atomic mass is 35.5. The number of benzene rings is 2. The summed E-state index contributed by atoms with van der Waals surface area (Å²) in [4.78, 5) is 35.7. The Balaban J connectivity index is 1.78. The minimum absolute atomic E-state index is 0.199. The number of rotatable bonds is 8. The molecule has 0 saturated carbocycles. The lowest BCUT2D eigenvalue weighted by Crippen LogP contribution is -2.39. The second-order valence-corrected chi connectivity index (χ2v) is 6.57. The number of nitrogens with one attached hydrogen (secondary N) is 4. The van der Waals surface area contributed by atoms with E-state index in [1.807, 2.05) is 6.92 Å². The molecule has 2 aromatic rings. The van der Waals surface area contributed by atoms with Gasteiger partial charge in [0.2, 0.25) is 5.91 Å². The van der Waals surface area contributed by atoms with Gasteiger partial charge in [0.05, 0.1) is 17.1 Å². The molecule has 0 spiro atoms. The first-order chi connectivity index (χ1) is 13.9. The maximum absolute atomic E-state index is 12.8. The van der Waals surface area contributed by atoms with Crippen molar-refractivity contribution >= 4 is 35.1 Å². The predicted octanol–water partition coefficient (Wildman–Crippen LogP) is 3.06. The van der Waals surface area contributed by atoms with Crippen molar-refractivity contribution in [3.05, 3.63) is 64.4 Å². The summed E-state index contributed by atoms with van der Waals surface area (Å²) in [6.45, 7) is 2.43. The average molecular weight is 421 g/mol. The molecule has 0 radical (unpaired) electrons. The summed E-state index contributed by atoms with van der Waals surface area (Å²) >= 11 is 6.11. The van der Waals surface area contributed by atoms with Crippen LogP contribution in [0.4, 0.5) is 14.9 Å². The second kappa shape index (κ2) is 11.0. The minimum Gasteiger partial charge on any atom is -0.352 e. The molecule has 4 N–H and O–H groups in total. The molecule has 0 bridgehead atoms. The number of amides is 4. The largest absolute Gasteiger partial charge is 0.352 e. The topological polar surface area (TPSA) is 99.3 Å². The highest BCUT2D eigenvalue weighted by Gasteiger charge is 2.12. The SMILES string of the molecule is CCCNC(=O)c1ccc(NC(=O)CNC(=O)NCc2ccc(F)cc2)cc1Cl. The lowest BCUT2D eigenvalue weighted by Gasteiger charge is -2.10. The van der Waals surface area contributed by atoms with Crippen LogP contribution in [-0.4, -0.2) is 30.9 Å². The fourth-order valence-electron chi connectivity index (χ4n) is 2.32. The van der Waals surface area contributed by atoms with Crippen LogP contribution in [0.3, 0.4) is 0 Å². The first kappa shape index (κ1) is 22.2. The number of carbonyl (C=O) groups is 3. The van der Waals surface area contributed by atoms with E-state index in [4.69, 9.17) is 11.6 Å². The Morgan fingerprint density at radius 1 is 1.00 bits per heavy atom. The van der Waals surface area contributed by atoms with E-state index in [2.05, 4.69) is 21.3 Å². The summed E-state index contributed by atoms with van der Waals surface area (Å²) in [5.74, 6) is -1.10. The Kier molecular flexibility index (Phi) is 8.42. The van der Waals surface area contributed by atoms with Crippen molar-refractivity contribution in [1.82, 2.24) is 16.0 Å². The molecule has 0 unspecified atom stereocenters. The van der Waals surface area contributed by atoms with Crippen molar-refractivity contribution < 1.29 is 18.8 Å². The van der Waals surface area contributed by atoms with Gasteiger partial charge < -0.3 is 21.3 Å². The fourth-order valence-corrected chi connectivity index (χ4v) is 2.59. The summed E-state index contributed by atoms with van der Waals surface area (Å²) in [5.41, 5.74) is 1.45. The van der Waals surface area contributed by atoms with Crippen molar-refractivity contribution in [3.63, 3.8) is 0 Å². The molecule has 0 atom stereocenters. The number of urea groups is 1. The molecule has 0 saturated heterocycles. The van der Waals surface area contributed by atoms with Crippen molar-refractivity contribution in [2.24, 2.45) is 0 Å². The molecule has 0 aromatic heterocycles. The summed E-state index contributed by atoms with van der Waals surface area (Å²) in [5, 5.41) is 10.5. The first-order valence-corrected chi connectivity index (χ1v) is 9.40. The van der Waals surface area contributed by atoms with E-state index in [1.165, 1.54) is 24.3 Å². The van der Waals surface area contributed by atoms with Crippen LogP contribution in [0.15, 0.2) is 42.5 Å². The first-order valence-electron chi connectivity index (χ1n) is 9.02. The fraction of sp³-hybridized carbons (Fsp3) is 0.250. The van der Waals surface area contributed by atoms with E-state index in [0.717, 1.165) is 12.0 Å². The highest BCUT2D eigenvalue weighted by Crippen LogP contribution is 2.21. The minimum atomic E-state index is -0.537. The Labute approximate surface area is 173 Å². The lowest BCUT2D eigenvalue weighted by atomic mass is 10.2. The quantitative estimate of drug-likeness (QED) is 0.528. The maximum atomic E-state index is 12.8. The van der Waals surface area contributed by atoms with Gasteiger partial charge in [-0.15, -0.1) is 0 Å². The molecule has 2 aromatic carbocycles. The summed E-state index contributed by atoms with van der Waals surface area (Å²) < 4.78 is 12.8. The van der Waals surface area contributed by atoms with Crippen LogP contribution in [-0.2, 0) is 11.3 Å². The zero-order valence-electron chi connectivity index (χ0n) is 15.9. The van der Waals surface area contributed by atoms with Gasteiger partial charge >= 0.3 is 6.03 Å². The predicted molar refractivity (Wildman–Crippen MR) is 109 cm³/mol. The van der Waals surface area contributed by atoms with E-state index in [0.29, 0.717) is 17.8 Å². The van der Waals surface area contributed by atoms with Crippen LogP contribution < -0.4 is 21.3 Å². The second-order valence-electron chi connectivity index (χ2n) is 6.16. The van der Waals surface area contributed by atoms with Crippen LogP contribution in [0.25, 0.3) is 0 Å². The van der Waals surface area contributed by atoms with Gasteiger partial charge in [-0.3, -0.25) is 9.59 Å². The zero-order valence-corrected chi connectivity index (χ0v) is 16.6. The van der Waals surface area contributed by atoms with Gasteiger partial charge in [0.1, 0.15) is 5.82 Å². The Morgan fingerprint density at radius 2 is 1.72 bits per heavy atom. The molecule has 0 aliphatic carbocycles. The third-order valence-electron chi connectivity index (χ3n) is 3.81. The molecule has 2 rings (SSSR count). The number of hydrogen-bond donors (Lipinski definition) is 4. The van der Waals surface area contributed by atoms with Gasteiger partial charge in [0.25, 0.3) is 5.91 Å². The van der Waals surface area contributed by atoms with Crippen molar-refractivity contribution in [3.8, 4) is 0 Å². The summed E-state index contributed by atoms with van der Waals surface area (Å²) in [7, 11) is 0. The van der Waals surface area contributed by atoms with Gasteiger partial charge in [0.15, 0.2) is 0 Å². The van der Waals surface area contributed by atoms with Gasteiger partial charge in [-0.25, -0.2) is 9.18 Å². The van der Waals surface area contributed by atoms with Gasteiger partial charge in [-0.2, -0.15) is 0 Å². The van der Waals surface area contributed by atoms with E-state index in [1.54, 1.807) is 18.2 Å². The Morgan fingerprint density at radius 3 is 2.38 bits per heavy atom. The van der Waals surface area contributed by atoms with Crippen molar-refractivity contribution in [2.45, 2.75) is 19.9 Å². The average Bonchev–Trinajstić information content (AvgIpc) is 2.70. The smallest absolute Gasteiger partial charge is 0.315 e. The molecule has 0 fully saturated rings. The molecule has 7 nitrogen and oxygen atoms in total. The van der Waals surface area contributed by atoms with Crippen LogP contribution >= 0.6 is 11.6 Å². The molecule has 4 amide bonds. The molecule has 0 aliphatic heterocycles. The highest BCUT2D eigenvalue weighted by molar-refractivity contribution is 6.34. The maximum Gasteiger partial charge on any atom is 0.315 e. The third kappa shape index (κ3) is 7.42. The zero-order chi connectivity index (χ0) is 21.2. The van der Waals surface area contributed by atoms with Crippen molar-refractivity contribution in [1.29, 1.82) is 0 Å². The summed E-state index contributed by atoms with van der Waals surface area (Å²) in [6, 6.07) is 9.71. The number of halogens is 2. The van der Waals surface area contributed by atoms with E-state index < -0.39 is 11.9 Å². The van der Waals surface area contributed by atoms with E-state index in [-0.39, 0.29) is 29.8 Å². The lowest BCUT2D eigenvalue weighted by molar-refractivity contribution is -0.115. The van der Waals surface area contributed by atoms with Crippen LogP contribution in [0.2, 0.25) is 5.02 Å². The molecule has 154 valence electrons. The molecular formula is C20H22ClFN4O3. The van der Waals surface area contributed by atoms with Gasteiger partial charge in [0, 0.05) is 18.8 Å². The Bertz CT molecular complexity index is 875. The van der Waals surface area contributed by atoms with E-state index >= 15 is 0 Å². The standard InChI is InChI=1S/C20H22ClFN4O3/c1-2-9-23-19(28)16-8-7-15(10-17(16)21)26-18(27)12-25-20(29)24-11-13-3-5-14(22)6-4-13/h3-8,10H,2,9,11-12H2,1H3,(H,23,28)(H,26,27)(H2,24,25,29). The third-order valence-corrected chi connectivity index (χ3v) is 4.12. The molecular weight excluding hydrogens is 399 g/mol. The Hall–Kier alpha value is -3.13. The van der Waals surface area contributed by atoms with Crippen LogP contribution in [0.5, 0.6) is 0 Å². The van der Waals surface area contributed by atoms with Crippen LogP contribution in [0.1, 0.15) is 29.3 Å². The molecule has 0 heterocycles. The summed E-state index contributed by atoms with van der Waals surface area (Å²) in [6.07, 6.45) is 0.808. The molecule has 0 aliphatic rings. The normalized spacial score (nSPS) is 10.2. The number of carbonyl (C=O) groups excluding carboxylic acids is 3. The number of hydrogen-bond acceptors (Lipinski definition) is 3.